The molecule has 0 aromatic heterocycles. The number of aliphatic hydroxyl groups is 1. The summed E-state index contributed by atoms with van der Waals surface area (Å²) in [6.45, 7) is 10.2. The van der Waals surface area contributed by atoms with Crippen LogP contribution in [-0.4, -0.2) is 41.3 Å². The highest BCUT2D eigenvalue weighted by Crippen LogP contribution is 2.06. The molecule has 0 aromatic carbocycles. The van der Waals surface area contributed by atoms with Crippen LogP contribution in [0.3, 0.4) is 0 Å². The third-order valence-electron chi connectivity index (χ3n) is 2.17. The van der Waals surface area contributed by atoms with Gasteiger partial charge in [-0.2, -0.15) is 0 Å². The van der Waals surface area contributed by atoms with Gasteiger partial charge in [-0.05, 0) is 33.7 Å². The Morgan fingerprint density at radius 3 is 2.31 bits per heavy atom. The van der Waals surface area contributed by atoms with E-state index < -0.39 is 5.54 Å². The summed E-state index contributed by atoms with van der Waals surface area (Å²) < 4.78 is 0. The third kappa shape index (κ3) is 5.24. The summed E-state index contributed by atoms with van der Waals surface area (Å²) in [5.74, 6) is 0. The Labute approximate surface area is 81.9 Å². The fourth-order valence-corrected chi connectivity index (χ4v) is 1.32. The van der Waals surface area contributed by atoms with E-state index in [9.17, 15) is 0 Å². The van der Waals surface area contributed by atoms with Crippen LogP contribution in [0.1, 0.15) is 34.1 Å². The van der Waals surface area contributed by atoms with E-state index in [1.54, 1.807) is 0 Å². The van der Waals surface area contributed by atoms with E-state index in [-0.39, 0.29) is 6.61 Å². The molecule has 0 aliphatic carbocycles. The molecule has 0 heterocycles. The Morgan fingerprint density at radius 2 is 2.00 bits per heavy atom. The molecule has 3 heteroatoms. The zero-order chi connectivity index (χ0) is 10.5. The Kier molecular flexibility index (Phi) is 5.53. The van der Waals surface area contributed by atoms with Crippen LogP contribution in [-0.2, 0) is 0 Å². The molecule has 0 radical (unpaired) electrons. The van der Waals surface area contributed by atoms with Crippen molar-refractivity contribution in [2.45, 2.75) is 45.7 Å². The molecule has 1 atom stereocenters. The van der Waals surface area contributed by atoms with Crippen LogP contribution in [0.25, 0.3) is 0 Å². The normalized spacial score (nSPS) is 16.6. The lowest BCUT2D eigenvalue weighted by atomic mass is 10.0. The Balaban J connectivity index is 4.08. The van der Waals surface area contributed by atoms with Gasteiger partial charge in [0.2, 0.25) is 0 Å². The zero-order valence-electron chi connectivity index (χ0n) is 9.38. The SMILES string of the molecule is CCCN(CC(C)(N)CO)C(C)C. The molecule has 3 N–H and O–H groups in total. The maximum absolute atomic E-state index is 9.04. The maximum Gasteiger partial charge on any atom is 0.0621 e. The van der Waals surface area contributed by atoms with Gasteiger partial charge in [-0.15, -0.1) is 0 Å². The van der Waals surface area contributed by atoms with Crippen LogP contribution in [0.2, 0.25) is 0 Å². The molecule has 0 bridgehead atoms. The van der Waals surface area contributed by atoms with Crippen molar-refractivity contribution in [2.75, 3.05) is 19.7 Å². The molecule has 0 aliphatic heterocycles. The van der Waals surface area contributed by atoms with E-state index in [4.69, 9.17) is 10.8 Å². The first kappa shape index (κ1) is 12.9. The van der Waals surface area contributed by atoms with Gasteiger partial charge < -0.3 is 10.8 Å². The average molecular weight is 188 g/mol. The summed E-state index contributed by atoms with van der Waals surface area (Å²) in [5.41, 5.74) is 5.42. The topological polar surface area (TPSA) is 49.5 Å². The second-order valence-corrected chi connectivity index (χ2v) is 4.38. The van der Waals surface area contributed by atoms with Gasteiger partial charge in [0, 0.05) is 18.1 Å². The number of hydrogen-bond acceptors (Lipinski definition) is 3. The van der Waals surface area contributed by atoms with Gasteiger partial charge in [0.15, 0.2) is 0 Å². The lowest BCUT2D eigenvalue weighted by Crippen LogP contribution is -2.52. The first-order chi connectivity index (χ1) is 5.93. The molecular formula is C10H24N2O. The summed E-state index contributed by atoms with van der Waals surface area (Å²) in [6.07, 6.45) is 1.12. The van der Waals surface area contributed by atoms with E-state index in [1.807, 2.05) is 6.92 Å². The van der Waals surface area contributed by atoms with Gasteiger partial charge in [-0.25, -0.2) is 0 Å². The third-order valence-corrected chi connectivity index (χ3v) is 2.17. The Hall–Kier alpha value is -0.120. The van der Waals surface area contributed by atoms with Crippen LogP contribution in [0.5, 0.6) is 0 Å². The van der Waals surface area contributed by atoms with E-state index >= 15 is 0 Å². The minimum Gasteiger partial charge on any atom is -0.394 e. The van der Waals surface area contributed by atoms with Crippen molar-refractivity contribution in [1.82, 2.24) is 4.90 Å². The van der Waals surface area contributed by atoms with Crippen molar-refractivity contribution < 1.29 is 5.11 Å². The first-order valence-electron chi connectivity index (χ1n) is 5.06. The van der Waals surface area contributed by atoms with Crippen LogP contribution in [0, 0.1) is 0 Å². The van der Waals surface area contributed by atoms with Crippen molar-refractivity contribution in [2.24, 2.45) is 5.73 Å². The highest BCUT2D eigenvalue weighted by Gasteiger charge is 2.22. The monoisotopic (exact) mass is 188 g/mol. The maximum atomic E-state index is 9.04. The van der Waals surface area contributed by atoms with E-state index in [2.05, 4.69) is 25.7 Å². The predicted molar refractivity (Wildman–Crippen MR) is 56.7 cm³/mol. The molecule has 0 aliphatic rings. The van der Waals surface area contributed by atoms with E-state index in [0.717, 1.165) is 19.5 Å². The van der Waals surface area contributed by atoms with Crippen LogP contribution in [0.4, 0.5) is 0 Å². The molecule has 1 unspecified atom stereocenters. The lowest BCUT2D eigenvalue weighted by Gasteiger charge is -2.33. The quantitative estimate of drug-likeness (QED) is 0.649. The summed E-state index contributed by atoms with van der Waals surface area (Å²) >= 11 is 0. The molecule has 0 aromatic rings. The summed E-state index contributed by atoms with van der Waals surface area (Å²) in [6, 6.07) is 0.495. The first-order valence-corrected chi connectivity index (χ1v) is 5.06. The van der Waals surface area contributed by atoms with Crippen molar-refractivity contribution in [1.29, 1.82) is 0 Å². The van der Waals surface area contributed by atoms with Gasteiger partial charge in [0.05, 0.1) is 6.61 Å². The molecule has 0 spiro atoms. The highest BCUT2D eigenvalue weighted by molar-refractivity contribution is 4.82. The molecular weight excluding hydrogens is 164 g/mol. The van der Waals surface area contributed by atoms with Gasteiger partial charge in [0.25, 0.3) is 0 Å². The van der Waals surface area contributed by atoms with Crippen LogP contribution >= 0.6 is 0 Å². The number of nitrogens with zero attached hydrogens (tertiary/aromatic N) is 1. The minimum atomic E-state index is -0.473. The number of nitrogens with two attached hydrogens (primary N) is 1. The standard InChI is InChI=1S/C10H24N2O/c1-5-6-12(9(2)3)7-10(4,11)8-13/h9,13H,5-8,11H2,1-4H3. The fourth-order valence-electron chi connectivity index (χ4n) is 1.32. The van der Waals surface area contributed by atoms with E-state index in [1.165, 1.54) is 0 Å². The van der Waals surface area contributed by atoms with Gasteiger partial charge >= 0.3 is 0 Å². The highest BCUT2D eigenvalue weighted by atomic mass is 16.3. The summed E-state index contributed by atoms with van der Waals surface area (Å²) in [4.78, 5) is 2.30. The summed E-state index contributed by atoms with van der Waals surface area (Å²) in [5, 5.41) is 9.04. The van der Waals surface area contributed by atoms with Crippen LogP contribution < -0.4 is 5.73 Å². The lowest BCUT2D eigenvalue weighted by molar-refractivity contribution is 0.127. The van der Waals surface area contributed by atoms with Gasteiger partial charge in [-0.3, -0.25) is 4.90 Å². The van der Waals surface area contributed by atoms with Crippen molar-refractivity contribution in [3.63, 3.8) is 0 Å². The molecule has 80 valence electrons. The number of rotatable bonds is 6. The zero-order valence-corrected chi connectivity index (χ0v) is 9.38. The van der Waals surface area contributed by atoms with E-state index in [0.29, 0.717) is 6.04 Å². The molecule has 13 heavy (non-hydrogen) atoms. The van der Waals surface area contributed by atoms with Crippen molar-refractivity contribution >= 4 is 0 Å². The number of aliphatic hydroxyl groups excluding tert-OH is 1. The van der Waals surface area contributed by atoms with Crippen LogP contribution in [0.15, 0.2) is 0 Å². The predicted octanol–water partition coefficient (Wildman–Crippen LogP) is 0.817. The Morgan fingerprint density at radius 1 is 1.46 bits per heavy atom. The smallest absolute Gasteiger partial charge is 0.0621 e. The molecule has 0 amide bonds. The fraction of sp³-hybridized carbons (Fsp3) is 1.00. The number of hydrogen-bond donors (Lipinski definition) is 2. The minimum absolute atomic E-state index is 0.0416. The Bertz CT molecular complexity index is 135. The largest absolute Gasteiger partial charge is 0.394 e. The van der Waals surface area contributed by atoms with Crippen molar-refractivity contribution in [3.8, 4) is 0 Å². The molecule has 0 saturated carbocycles. The average Bonchev–Trinajstić information content (AvgIpc) is 2.03. The van der Waals surface area contributed by atoms with Crippen molar-refractivity contribution in [3.05, 3.63) is 0 Å². The molecule has 0 saturated heterocycles. The molecule has 0 rings (SSSR count). The summed E-state index contributed by atoms with van der Waals surface area (Å²) in [7, 11) is 0. The van der Waals surface area contributed by atoms with Gasteiger partial charge in [0.1, 0.15) is 0 Å². The molecule has 3 nitrogen and oxygen atoms in total. The second-order valence-electron chi connectivity index (χ2n) is 4.38. The molecule has 0 fully saturated rings. The van der Waals surface area contributed by atoms with Gasteiger partial charge in [-0.1, -0.05) is 6.92 Å². The second kappa shape index (κ2) is 5.58.